The quantitative estimate of drug-likeness (QED) is 0.0428. The number of aliphatic hydroxyl groups is 2. The highest BCUT2D eigenvalue weighted by Gasteiger charge is 2.20. The number of carbonyl (C=O) groups excluding carboxylic acids is 2. The third-order valence-corrected chi connectivity index (χ3v) is 10.9. The molecule has 0 aromatic heterocycles. The molecule has 0 saturated heterocycles. The number of esters is 1. The SMILES string of the molecule is CCCCCCCCCCCCCCC(=O)OCCCCCCCCCCCCCC(=O)NC(CO)C(O)CCCCCCCCCCCCCC. The van der Waals surface area contributed by atoms with Crippen molar-refractivity contribution in [1.82, 2.24) is 5.32 Å². The molecule has 0 spiro atoms. The summed E-state index contributed by atoms with van der Waals surface area (Å²) in [5, 5.41) is 23.1. The van der Waals surface area contributed by atoms with Crippen LogP contribution in [0.2, 0.25) is 0 Å². The van der Waals surface area contributed by atoms with Crippen LogP contribution in [-0.4, -0.2) is 47.4 Å². The molecule has 0 aromatic carbocycles. The summed E-state index contributed by atoms with van der Waals surface area (Å²) in [6.07, 6.45) is 44.8. The molecule has 1 amide bonds. The zero-order chi connectivity index (χ0) is 38.0. The van der Waals surface area contributed by atoms with Gasteiger partial charge in [0.15, 0.2) is 0 Å². The second kappa shape index (κ2) is 42.6. The Bertz CT molecular complexity index is 732. The van der Waals surface area contributed by atoms with Gasteiger partial charge in [0.25, 0.3) is 0 Å². The van der Waals surface area contributed by atoms with E-state index in [1.807, 2.05) is 0 Å². The molecule has 0 fully saturated rings. The van der Waals surface area contributed by atoms with Crippen molar-refractivity contribution in [2.24, 2.45) is 0 Å². The molecule has 0 bridgehead atoms. The highest BCUT2D eigenvalue weighted by molar-refractivity contribution is 5.76. The van der Waals surface area contributed by atoms with Crippen LogP contribution in [0.25, 0.3) is 0 Å². The predicted molar refractivity (Wildman–Crippen MR) is 223 cm³/mol. The summed E-state index contributed by atoms with van der Waals surface area (Å²) in [6.45, 7) is 4.90. The summed E-state index contributed by atoms with van der Waals surface area (Å²) in [5.41, 5.74) is 0. The lowest BCUT2D eigenvalue weighted by atomic mass is 10.0. The van der Waals surface area contributed by atoms with Crippen LogP contribution >= 0.6 is 0 Å². The van der Waals surface area contributed by atoms with Crippen molar-refractivity contribution in [3.05, 3.63) is 0 Å². The molecule has 0 radical (unpaired) electrons. The molecule has 0 saturated carbocycles. The minimum atomic E-state index is -0.673. The average molecular weight is 738 g/mol. The number of hydrogen-bond donors (Lipinski definition) is 3. The summed E-state index contributed by atoms with van der Waals surface area (Å²) < 4.78 is 5.44. The lowest BCUT2D eigenvalue weighted by molar-refractivity contribution is -0.143. The van der Waals surface area contributed by atoms with Gasteiger partial charge in [-0.25, -0.2) is 0 Å². The maximum absolute atomic E-state index is 12.4. The van der Waals surface area contributed by atoms with E-state index in [1.54, 1.807) is 0 Å². The Balaban J connectivity index is 3.46. The second-order valence-corrected chi connectivity index (χ2v) is 16.1. The fraction of sp³-hybridized carbons (Fsp3) is 0.957. The fourth-order valence-corrected chi connectivity index (χ4v) is 7.29. The van der Waals surface area contributed by atoms with Crippen LogP contribution in [0.5, 0.6) is 0 Å². The topological polar surface area (TPSA) is 95.9 Å². The molecule has 3 N–H and O–H groups in total. The van der Waals surface area contributed by atoms with Crippen LogP contribution in [0, 0.1) is 0 Å². The van der Waals surface area contributed by atoms with E-state index in [-0.39, 0.29) is 18.5 Å². The van der Waals surface area contributed by atoms with Crippen LogP contribution in [0.3, 0.4) is 0 Å². The van der Waals surface area contributed by atoms with Gasteiger partial charge >= 0.3 is 5.97 Å². The number of hydrogen-bond acceptors (Lipinski definition) is 5. The number of aliphatic hydroxyl groups excluding tert-OH is 2. The molecule has 0 aliphatic rings. The summed E-state index contributed by atoms with van der Waals surface area (Å²) in [5.74, 6) is -0.0665. The maximum atomic E-state index is 12.4. The van der Waals surface area contributed by atoms with Crippen molar-refractivity contribution in [3.63, 3.8) is 0 Å². The van der Waals surface area contributed by atoms with Crippen molar-refractivity contribution in [2.45, 2.75) is 270 Å². The average Bonchev–Trinajstić information content (AvgIpc) is 3.14. The third-order valence-electron chi connectivity index (χ3n) is 10.9. The Morgan fingerprint density at radius 2 is 0.788 bits per heavy atom. The largest absolute Gasteiger partial charge is 0.466 e. The molecule has 0 heterocycles. The van der Waals surface area contributed by atoms with Gasteiger partial charge in [-0.1, -0.05) is 219 Å². The van der Waals surface area contributed by atoms with Gasteiger partial charge in [-0.3, -0.25) is 9.59 Å². The number of amides is 1. The van der Waals surface area contributed by atoms with Gasteiger partial charge in [0.05, 0.1) is 25.4 Å². The number of carbonyl (C=O) groups is 2. The first-order valence-electron chi connectivity index (χ1n) is 23.3. The lowest BCUT2D eigenvalue weighted by Gasteiger charge is -2.22. The molecule has 0 aliphatic heterocycles. The molecule has 2 unspecified atom stereocenters. The van der Waals surface area contributed by atoms with Crippen LogP contribution < -0.4 is 5.32 Å². The molecular weight excluding hydrogens is 647 g/mol. The Kier molecular flexibility index (Phi) is 41.7. The van der Waals surface area contributed by atoms with Crippen molar-refractivity contribution >= 4 is 11.9 Å². The van der Waals surface area contributed by atoms with E-state index < -0.39 is 12.1 Å². The number of nitrogens with one attached hydrogen (secondary N) is 1. The van der Waals surface area contributed by atoms with E-state index in [9.17, 15) is 19.8 Å². The van der Waals surface area contributed by atoms with E-state index in [0.717, 1.165) is 57.8 Å². The van der Waals surface area contributed by atoms with Gasteiger partial charge < -0.3 is 20.3 Å². The smallest absolute Gasteiger partial charge is 0.305 e. The zero-order valence-corrected chi connectivity index (χ0v) is 35.1. The second-order valence-electron chi connectivity index (χ2n) is 16.1. The molecular formula is C46H91NO5. The van der Waals surface area contributed by atoms with Crippen molar-refractivity contribution in [2.75, 3.05) is 13.2 Å². The number of rotatable bonds is 43. The minimum absolute atomic E-state index is 0.0129. The first-order chi connectivity index (χ1) is 25.5. The predicted octanol–water partition coefficient (Wildman–Crippen LogP) is 13.2. The van der Waals surface area contributed by atoms with E-state index in [0.29, 0.717) is 25.9 Å². The Hall–Kier alpha value is -1.14. The summed E-state index contributed by atoms with van der Waals surface area (Å²) in [6, 6.07) is -0.552. The highest BCUT2D eigenvalue weighted by atomic mass is 16.5. The van der Waals surface area contributed by atoms with Crippen LogP contribution in [0.4, 0.5) is 0 Å². The third kappa shape index (κ3) is 38.6. The van der Waals surface area contributed by atoms with Crippen molar-refractivity contribution < 1.29 is 24.5 Å². The normalized spacial score (nSPS) is 12.6. The van der Waals surface area contributed by atoms with E-state index in [1.165, 1.54) is 167 Å². The van der Waals surface area contributed by atoms with Crippen molar-refractivity contribution in [1.29, 1.82) is 0 Å². The van der Waals surface area contributed by atoms with Gasteiger partial charge in [0, 0.05) is 12.8 Å². The molecule has 310 valence electrons. The van der Waals surface area contributed by atoms with Crippen molar-refractivity contribution in [3.8, 4) is 0 Å². The highest BCUT2D eigenvalue weighted by Crippen LogP contribution is 2.16. The van der Waals surface area contributed by atoms with E-state index in [4.69, 9.17) is 4.74 Å². The molecule has 6 nitrogen and oxygen atoms in total. The molecule has 0 aliphatic carbocycles. The Labute approximate surface area is 324 Å². The van der Waals surface area contributed by atoms with Gasteiger partial charge in [0.2, 0.25) is 5.91 Å². The molecule has 2 atom stereocenters. The van der Waals surface area contributed by atoms with Gasteiger partial charge in [-0.2, -0.15) is 0 Å². The molecule has 0 rings (SSSR count). The van der Waals surface area contributed by atoms with Gasteiger partial charge in [0.1, 0.15) is 0 Å². The monoisotopic (exact) mass is 738 g/mol. The van der Waals surface area contributed by atoms with Gasteiger partial charge in [-0.15, -0.1) is 0 Å². The number of ether oxygens (including phenoxy) is 1. The molecule has 6 heteroatoms. The van der Waals surface area contributed by atoms with Crippen LogP contribution in [0.1, 0.15) is 258 Å². The standard InChI is InChI=1S/C46H91NO5/c1-3-5-7-9-11-13-15-18-22-26-30-34-38-44(49)43(42-48)47-45(50)39-35-31-27-23-19-17-21-25-29-33-37-41-52-46(51)40-36-32-28-24-20-16-14-12-10-8-6-4-2/h43-44,48-49H,3-42H2,1-2H3,(H,47,50). The summed E-state index contributed by atoms with van der Waals surface area (Å²) in [4.78, 5) is 24.4. The zero-order valence-electron chi connectivity index (χ0n) is 35.1. The molecule has 0 aromatic rings. The Morgan fingerprint density at radius 1 is 0.462 bits per heavy atom. The first kappa shape index (κ1) is 50.9. The Morgan fingerprint density at radius 3 is 1.17 bits per heavy atom. The maximum Gasteiger partial charge on any atom is 0.305 e. The van der Waals surface area contributed by atoms with E-state index in [2.05, 4.69) is 19.2 Å². The summed E-state index contributed by atoms with van der Waals surface area (Å²) in [7, 11) is 0. The van der Waals surface area contributed by atoms with Gasteiger partial charge in [-0.05, 0) is 25.7 Å². The fourth-order valence-electron chi connectivity index (χ4n) is 7.29. The molecule has 52 heavy (non-hydrogen) atoms. The first-order valence-corrected chi connectivity index (χ1v) is 23.3. The summed E-state index contributed by atoms with van der Waals surface area (Å²) >= 11 is 0. The van der Waals surface area contributed by atoms with E-state index >= 15 is 0 Å². The van der Waals surface area contributed by atoms with Crippen LogP contribution in [-0.2, 0) is 14.3 Å². The van der Waals surface area contributed by atoms with Crippen LogP contribution in [0.15, 0.2) is 0 Å². The number of unbranched alkanes of at least 4 members (excludes halogenated alkanes) is 32. The lowest BCUT2D eigenvalue weighted by Crippen LogP contribution is -2.45. The minimum Gasteiger partial charge on any atom is -0.466 e.